The van der Waals surface area contributed by atoms with Crippen LogP contribution in [0.3, 0.4) is 0 Å². The fourth-order valence-corrected chi connectivity index (χ4v) is 2.77. The highest BCUT2D eigenvalue weighted by Crippen LogP contribution is 2.18. The van der Waals surface area contributed by atoms with Gasteiger partial charge in [0.2, 0.25) is 5.91 Å². The highest BCUT2D eigenvalue weighted by Gasteiger charge is 2.14. The lowest BCUT2D eigenvalue weighted by Crippen LogP contribution is -2.28. The Bertz CT molecular complexity index is 1230. The van der Waals surface area contributed by atoms with E-state index >= 15 is 0 Å². The van der Waals surface area contributed by atoms with Gasteiger partial charge in [-0.1, -0.05) is 6.07 Å². The number of ether oxygens (including phenoxy) is 1. The molecule has 0 saturated heterocycles. The molecule has 0 aliphatic carbocycles. The molecule has 0 bridgehead atoms. The third-order valence-electron chi connectivity index (χ3n) is 4.03. The van der Waals surface area contributed by atoms with Crippen LogP contribution in [0.2, 0.25) is 0 Å². The van der Waals surface area contributed by atoms with Crippen LogP contribution in [0.15, 0.2) is 53.6 Å². The van der Waals surface area contributed by atoms with Crippen molar-refractivity contribution in [3.8, 4) is 5.75 Å². The van der Waals surface area contributed by atoms with E-state index in [0.717, 1.165) is 4.68 Å². The van der Waals surface area contributed by atoms with Crippen LogP contribution in [0.1, 0.15) is 0 Å². The zero-order valence-electron chi connectivity index (χ0n) is 14.2. The molecular formula is C18H14FN5O3. The fourth-order valence-electron chi connectivity index (χ4n) is 2.77. The Balaban J connectivity index is 1.66. The van der Waals surface area contributed by atoms with Crippen LogP contribution in [0.25, 0.3) is 16.6 Å². The van der Waals surface area contributed by atoms with E-state index in [-0.39, 0.29) is 12.2 Å². The van der Waals surface area contributed by atoms with E-state index in [1.165, 1.54) is 36.0 Å². The highest BCUT2D eigenvalue weighted by molar-refractivity contribution is 5.92. The van der Waals surface area contributed by atoms with Crippen LogP contribution in [-0.4, -0.2) is 32.2 Å². The first-order valence-electron chi connectivity index (χ1n) is 8.02. The Morgan fingerprint density at radius 3 is 2.93 bits per heavy atom. The van der Waals surface area contributed by atoms with Crippen LogP contribution in [0.4, 0.5) is 10.1 Å². The molecule has 136 valence electrons. The van der Waals surface area contributed by atoms with Crippen LogP contribution in [-0.2, 0) is 11.3 Å². The normalized spacial score (nSPS) is 11.0. The number of fused-ring (bicyclic) bond motifs is 3. The van der Waals surface area contributed by atoms with Gasteiger partial charge in [0.25, 0.3) is 0 Å². The van der Waals surface area contributed by atoms with Crippen molar-refractivity contribution in [2.24, 2.45) is 0 Å². The Morgan fingerprint density at radius 1 is 1.26 bits per heavy atom. The van der Waals surface area contributed by atoms with E-state index in [1.807, 2.05) is 0 Å². The summed E-state index contributed by atoms with van der Waals surface area (Å²) < 4.78 is 20.9. The number of nitrogens with zero attached hydrogens (tertiary/aromatic N) is 4. The Kier molecular flexibility index (Phi) is 4.03. The summed E-state index contributed by atoms with van der Waals surface area (Å²) in [6.45, 7) is -0.297. The van der Waals surface area contributed by atoms with Gasteiger partial charge in [0, 0.05) is 17.1 Å². The minimum atomic E-state index is -0.538. The molecule has 2 aromatic carbocycles. The Morgan fingerprint density at radius 2 is 2.11 bits per heavy atom. The molecule has 9 heteroatoms. The van der Waals surface area contributed by atoms with Crippen LogP contribution in [0, 0.1) is 5.82 Å². The number of hydrogen-bond acceptors (Lipinski definition) is 5. The predicted molar refractivity (Wildman–Crippen MR) is 96.3 cm³/mol. The maximum absolute atomic E-state index is 13.6. The molecule has 0 fully saturated rings. The maximum atomic E-state index is 13.6. The van der Waals surface area contributed by atoms with Crippen LogP contribution >= 0.6 is 0 Å². The second-order valence-corrected chi connectivity index (χ2v) is 5.82. The molecule has 1 amide bonds. The molecular weight excluding hydrogens is 353 g/mol. The van der Waals surface area contributed by atoms with Gasteiger partial charge in [-0.05, 0) is 30.3 Å². The lowest BCUT2D eigenvalue weighted by molar-refractivity contribution is -0.117. The van der Waals surface area contributed by atoms with E-state index < -0.39 is 17.4 Å². The first-order valence-corrected chi connectivity index (χ1v) is 8.02. The van der Waals surface area contributed by atoms with Crippen molar-refractivity contribution in [3.05, 3.63) is 65.1 Å². The number of rotatable bonds is 4. The number of hydrogen-bond donors (Lipinski definition) is 1. The van der Waals surface area contributed by atoms with Crippen molar-refractivity contribution < 1.29 is 13.9 Å². The molecule has 2 aromatic heterocycles. The topological polar surface area (TPSA) is 90.5 Å². The SMILES string of the molecule is COc1cccc(NC(=O)Cn2nc3c4cc(F)ccc4ncn3c2=O)c1. The first-order chi connectivity index (χ1) is 13.0. The second kappa shape index (κ2) is 6.52. The zero-order chi connectivity index (χ0) is 19.0. The van der Waals surface area contributed by atoms with Crippen molar-refractivity contribution in [1.29, 1.82) is 0 Å². The zero-order valence-corrected chi connectivity index (χ0v) is 14.2. The summed E-state index contributed by atoms with van der Waals surface area (Å²) in [7, 11) is 1.53. The smallest absolute Gasteiger partial charge is 0.352 e. The molecule has 0 saturated carbocycles. The number of benzene rings is 2. The largest absolute Gasteiger partial charge is 0.497 e. The number of amides is 1. The molecule has 4 aromatic rings. The monoisotopic (exact) mass is 367 g/mol. The Hall–Kier alpha value is -3.75. The number of carbonyl (C=O) groups excluding carboxylic acids is 1. The summed E-state index contributed by atoms with van der Waals surface area (Å²) in [4.78, 5) is 28.9. The summed E-state index contributed by atoms with van der Waals surface area (Å²) >= 11 is 0. The molecule has 0 aliphatic heterocycles. The van der Waals surface area contributed by atoms with Gasteiger partial charge >= 0.3 is 5.69 Å². The molecule has 0 atom stereocenters. The van der Waals surface area contributed by atoms with Crippen molar-refractivity contribution in [2.75, 3.05) is 12.4 Å². The first kappa shape index (κ1) is 16.7. The van der Waals surface area contributed by atoms with E-state index in [1.54, 1.807) is 24.3 Å². The minimum absolute atomic E-state index is 0.235. The second-order valence-electron chi connectivity index (χ2n) is 5.82. The molecule has 8 nitrogen and oxygen atoms in total. The van der Waals surface area contributed by atoms with Gasteiger partial charge in [0.05, 0.1) is 12.6 Å². The molecule has 0 unspecified atom stereocenters. The third kappa shape index (κ3) is 3.10. The molecule has 4 rings (SSSR count). The summed E-state index contributed by atoms with van der Waals surface area (Å²) in [6, 6.07) is 10.9. The number of aromatic nitrogens is 4. The van der Waals surface area contributed by atoms with Gasteiger partial charge in [-0.25, -0.2) is 23.3 Å². The Labute approximate surface area is 151 Å². The number of anilines is 1. The predicted octanol–water partition coefficient (Wildman–Crippen LogP) is 1.83. The summed E-state index contributed by atoms with van der Waals surface area (Å²) in [5.74, 6) is -0.301. The lowest BCUT2D eigenvalue weighted by atomic mass is 10.2. The van der Waals surface area contributed by atoms with Crippen LogP contribution < -0.4 is 15.7 Å². The number of halogens is 1. The molecule has 0 radical (unpaired) electrons. The van der Waals surface area contributed by atoms with Crippen LogP contribution in [0.5, 0.6) is 5.75 Å². The quantitative estimate of drug-likeness (QED) is 0.594. The van der Waals surface area contributed by atoms with Gasteiger partial charge in [-0.3, -0.25) is 4.79 Å². The average molecular weight is 367 g/mol. The lowest BCUT2D eigenvalue weighted by Gasteiger charge is -2.06. The molecule has 2 heterocycles. The van der Waals surface area contributed by atoms with Crippen molar-refractivity contribution >= 4 is 28.1 Å². The van der Waals surface area contributed by atoms with E-state index in [4.69, 9.17) is 4.74 Å². The summed E-state index contributed by atoms with van der Waals surface area (Å²) in [5.41, 5.74) is 0.732. The average Bonchev–Trinajstić information content (AvgIpc) is 2.98. The van der Waals surface area contributed by atoms with Gasteiger partial charge in [-0.2, -0.15) is 0 Å². The van der Waals surface area contributed by atoms with E-state index in [0.29, 0.717) is 22.3 Å². The van der Waals surface area contributed by atoms with Gasteiger partial charge in [0.1, 0.15) is 24.4 Å². The fraction of sp³-hybridized carbons (Fsp3) is 0.111. The molecule has 0 aliphatic rings. The van der Waals surface area contributed by atoms with Crippen molar-refractivity contribution in [1.82, 2.24) is 19.2 Å². The summed E-state index contributed by atoms with van der Waals surface area (Å²) in [5, 5.41) is 7.24. The summed E-state index contributed by atoms with van der Waals surface area (Å²) in [6.07, 6.45) is 1.31. The van der Waals surface area contributed by atoms with E-state index in [9.17, 15) is 14.0 Å². The molecule has 0 spiro atoms. The van der Waals surface area contributed by atoms with Gasteiger partial charge in [-0.15, -0.1) is 5.10 Å². The van der Waals surface area contributed by atoms with E-state index in [2.05, 4.69) is 15.4 Å². The number of nitrogens with one attached hydrogen (secondary N) is 1. The molecule has 1 N–H and O–H groups in total. The minimum Gasteiger partial charge on any atom is -0.497 e. The number of carbonyl (C=O) groups is 1. The third-order valence-corrected chi connectivity index (χ3v) is 4.03. The highest BCUT2D eigenvalue weighted by atomic mass is 19.1. The number of methoxy groups -OCH3 is 1. The molecule has 27 heavy (non-hydrogen) atoms. The van der Waals surface area contributed by atoms with Crippen molar-refractivity contribution in [3.63, 3.8) is 0 Å². The van der Waals surface area contributed by atoms with Gasteiger partial charge in [0.15, 0.2) is 5.65 Å². The maximum Gasteiger partial charge on any atom is 0.352 e. The standard InChI is InChI=1S/C18H14FN5O3/c1-27-13-4-2-3-12(8-13)21-16(25)9-24-18(26)23-10-20-15-6-5-11(19)7-14(15)17(23)22-24/h2-8,10H,9H2,1H3,(H,21,25). The van der Waals surface area contributed by atoms with Crippen molar-refractivity contribution in [2.45, 2.75) is 6.54 Å². The van der Waals surface area contributed by atoms with Gasteiger partial charge < -0.3 is 10.1 Å².